The first-order valence-corrected chi connectivity index (χ1v) is 9.17. The Bertz CT molecular complexity index is 993. The molecule has 0 aliphatic rings. The lowest BCUT2D eigenvalue weighted by Gasteiger charge is -2.17. The van der Waals surface area contributed by atoms with Gasteiger partial charge in [0.2, 0.25) is 0 Å². The predicted octanol–water partition coefficient (Wildman–Crippen LogP) is 2.69. The highest BCUT2D eigenvalue weighted by atomic mass is 16.2. The van der Waals surface area contributed by atoms with Crippen LogP contribution in [0, 0.1) is 0 Å². The van der Waals surface area contributed by atoms with Crippen LogP contribution in [0.2, 0.25) is 0 Å². The molecule has 0 radical (unpaired) electrons. The van der Waals surface area contributed by atoms with Crippen LogP contribution < -0.4 is 10.9 Å². The Balaban J connectivity index is 1.67. The van der Waals surface area contributed by atoms with Crippen LogP contribution in [0.5, 0.6) is 0 Å². The molecule has 0 unspecified atom stereocenters. The first-order valence-electron chi connectivity index (χ1n) is 9.17. The molecule has 140 valence electrons. The summed E-state index contributed by atoms with van der Waals surface area (Å²) in [5.41, 5.74) is 2.35. The molecule has 1 aromatic carbocycles. The number of hydrogen-bond acceptors (Lipinski definition) is 4. The number of fused-ring (bicyclic) bond motifs is 1. The Morgan fingerprint density at radius 2 is 1.93 bits per heavy atom. The number of amides is 1. The molecule has 6 nitrogen and oxygen atoms in total. The van der Waals surface area contributed by atoms with Gasteiger partial charge < -0.3 is 10.3 Å². The highest BCUT2D eigenvalue weighted by molar-refractivity contribution is 5.93. The van der Waals surface area contributed by atoms with Gasteiger partial charge in [-0.3, -0.25) is 19.5 Å². The largest absolute Gasteiger partial charge is 0.348 e. The zero-order chi connectivity index (χ0) is 19.2. The molecule has 0 saturated carbocycles. The van der Waals surface area contributed by atoms with Crippen molar-refractivity contribution in [2.24, 2.45) is 0 Å². The lowest BCUT2D eigenvalue weighted by atomic mass is 10.1. The van der Waals surface area contributed by atoms with Crippen LogP contribution in [0.15, 0.2) is 53.5 Å². The quantitative estimate of drug-likeness (QED) is 0.676. The number of aromatic nitrogens is 2. The van der Waals surface area contributed by atoms with Gasteiger partial charge in [-0.25, -0.2) is 0 Å². The number of para-hydroxylation sites is 1. The Labute approximate surface area is 158 Å². The maximum atomic E-state index is 12.4. The van der Waals surface area contributed by atoms with Gasteiger partial charge in [0.05, 0.1) is 5.52 Å². The van der Waals surface area contributed by atoms with E-state index >= 15 is 0 Å². The van der Waals surface area contributed by atoms with Crippen molar-refractivity contribution >= 4 is 16.8 Å². The number of carbonyl (C=O) groups excluding carboxylic acids is 1. The average molecular weight is 364 g/mol. The second kappa shape index (κ2) is 8.60. The Hall–Kier alpha value is -2.99. The molecule has 0 fully saturated rings. The summed E-state index contributed by atoms with van der Waals surface area (Å²) in [6.07, 6.45) is 1.74. The van der Waals surface area contributed by atoms with Gasteiger partial charge in [0.25, 0.3) is 11.5 Å². The number of pyridine rings is 2. The molecule has 3 rings (SSSR count). The van der Waals surface area contributed by atoms with E-state index in [9.17, 15) is 9.59 Å². The molecule has 2 N–H and O–H groups in total. The molecule has 0 saturated heterocycles. The van der Waals surface area contributed by atoms with Crippen molar-refractivity contribution in [2.45, 2.75) is 26.9 Å². The minimum absolute atomic E-state index is 0.118. The number of nitrogens with zero attached hydrogens (tertiary/aromatic N) is 2. The van der Waals surface area contributed by atoms with Crippen molar-refractivity contribution in [1.82, 2.24) is 20.2 Å². The van der Waals surface area contributed by atoms with E-state index in [1.807, 2.05) is 30.3 Å². The maximum absolute atomic E-state index is 12.4. The third-order valence-corrected chi connectivity index (χ3v) is 4.60. The summed E-state index contributed by atoms with van der Waals surface area (Å²) < 4.78 is 0. The Kier molecular flexibility index (Phi) is 5.98. The zero-order valence-corrected chi connectivity index (χ0v) is 15.7. The summed E-state index contributed by atoms with van der Waals surface area (Å²) in [5, 5.41) is 3.81. The van der Waals surface area contributed by atoms with Crippen molar-refractivity contribution in [3.05, 3.63) is 75.8 Å². The number of carbonyl (C=O) groups is 1. The van der Waals surface area contributed by atoms with Gasteiger partial charge in [0.15, 0.2) is 0 Å². The molecule has 0 spiro atoms. The van der Waals surface area contributed by atoms with E-state index in [0.717, 1.165) is 35.2 Å². The molecule has 1 amide bonds. The van der Waals surface area contributed by atoms with Crippen LogP contribution in [0.3, 0.4) is 0 Å². The Morgan fingerprint density at radius 1 is 1.15 bits per heavy atom. The molecular weight excluding hydrogens is 340 g/mol. The number of hydrogen-bond donors (Lipinski definition) is 2. The standard InChI is InChI=1S/C21H24N4O2/c1-3-25(4-2)14-17-9-10-18(21(27)24-17)20(26)23-13-15-11-16-7-5-6-8-19(16)22-12-15/h5-12H,3-4,13-14H2,1-2H3,(H,23,26)(H,24,27). The number of rotatable bonds is 7. The fraction of sp³-hybridized carbons (Fsp3) is 0.286. The average Bonchev–Trinajstić information content (AvgIpc) is 2.70. The molecule has 0 bridgehead atoms. The highest BCUT2D eigenvalue weighted by Gasteiger charge is 2.12. The summed E-state index contributed by atoms with van der Waals surface area (Å²) >= 11 is 0. The van der Waals surface area contributed by atoms with Gasteiger partial charge in [-0.1, -0.05) is 32.0 Å². The monoisotopic (exact) mass is 364 g/mol. The van der Waals surface area contributed by atoms with Gasteiger partial charge in [0.1, 0.15) is 5.56 Å². The normalized spacial score (nSPS) is 11.1. The highest BCUT2D eigenvalue weighted by Crippen LogP contribution is 2.12. The van der Waals surface area contributed by atoms with Gasteiger partial charge in [-0.2, -0.15) is 0 Å². The fourth-order valence-corrected chi connectivity index (χ4v) is 2.96. The third kappa shape index (κ3) is 4.60. The van der Waals surface area contributed by atoms with E-state index in [-0.39, 0.29) is 11.1 Å². The van der Waals surface area contributed by atoms with Gasteiger partial charge >= 0.3 is 0 Å². The van der Waals surface area contributed by atoms with Crippen LogP contribution in [0.25, 0.3) is 10.9 Å². The number of aromatic amines is 1. The molecule has 2 aromatic heterocycles. The van der Waals surface area contributed by atoms with E-state index in [4.69, 9.17) is 0 Å². The Morgan fingerprint density at radius 3 is 2.67 bits per heavy atom. The zero-order valence-electron chi connectivity index (χ0n) is 15.7. The topological polar surface area (TPSA) is 78.1 Å². The second-order valence-corrected chi connectivity index (χ2v) is 6.41. The third-order valence-electron chi connectivity index (χ3n) is 4.60. The van der Waals surface area contributed by atoms with E-state index in [1.54, 1.807) is 18.3 Å². The summed E-state index contributed by atoms with van der Waals surface area (Å²) in [6.45, 7) is 6.93. The summed E-state index contributed by atoms with van der Waals surface area (Å²) in [6, 6.07) is 13.2. The van der Waals surface area contributed by atoms with Crippen LogP contribution >= 0.6 is 0 Å². The maximum Gasteiger partial charge on any atom is 0.261 e. The minimum atomic E-state index is -0.390. The van der Waals surface area contributed by atoms with E-state index in [1.165, 1.54) is 0 Å². The summed E-state index contributed by atoms with van der Waals surface area (Å²) in [5.74, 6) is -0.390. The van der Waals surface area contributed by atoms with Crippen molar-refractivity contribution in [3.63, 3.8) is 0 Å². The van der Waals surface area contributed by atoms with Gasteiger partial charge in [-0.05, 0) is 42.9 Å². The van der Waals surface area contributed by atoms with Crippen molar-refractivity contribution < 1.29 is 4.79 Å². The fourth-order valence-electron chi connectivity index (χ4n) is 2.96. The molecule has 6 heteroatoms. The van der Waals surface area contributed by atoms with E-state index in [2.05, 4.69) is 34.0 Å². The molecule has 27 heavy (non-hydrogen) atoms. The second-order valence-electron chi connectivity index (χ2n) is 6.41. The van der Waals surface area contributed by atoms with Crippen LogP contribution in [-0.2, 0) is 13.1 Å². The van der Waals surface area contributed by atoms with Gasteiger partial charge in [-0.15, -0.1) is 0 Å². The van der Waals surface area contributed by atoms with Crippen LogP contribution in [-0.4, -0.2) is 33.9 Å². The molecule has 0 aliphatic heterocycles. The molecule has 0 atom stereocenters. The lowest BCUT2D eigenvalue weighted by molar-refractivity contribution is 0.0949. The SMILES string of the molecule is CCN(CC)Cc1ccc(C(=O)NCc2cnc3ccccc3c2)c(=O)[nH]1. The lowest BCUT2D eigenvalue weighted by Crippen LogP contribution is -2.30. The minimum Gasteiger partial charge on any atom is -0.348 e. The molecule has 2 heterocycles. The first-order chi connectivity index (χ1) is 13.1. The molecule has 0 aliphatic carbocycles. The summed E-state index contributed by atoms with van der Waals surface area (Å²) in [4.78, 5) is 34.0. The van der Waals surface area contributed by atoms with E-state index < -0.39 is 5.91 Å². The van der Waals surface area contributed by atoms with Crippen molar-refractivity contribution in [2.75, 3.05) is 13.1 Å². The predicted molar refractivity (Wildman–Crippen MR) is 107 cm³/mol. The molecular formula is C21H24N4O2. The van der Waals surface area contributed by atoms with Crippen LogP contribution in [0.1, 0.15) is 35.5 Å². The number of benzene rings is 1. The summed E-state index contributed by atoms with van der Waals surface area (Å²) in [7, 11) is 0. The smallest absolute Gasteiger partial charge is 0.261 e. The number of nitrogens with one attached hydrogen (secondary N) is 2. The van der Waals surface area contributed by atoms with Crippen LogP contribution in [0.4, 0.5) is 0 Å². The number of H-pyrrole nitrogens is 1. The first kappa shape index (κ1) is 18.8. The van der Waals surface area contributed by atoms with Gasteiger partial charge in [0, 0.05) is 30.4 Å². The van der Waals surface area contributed by atoms with E-state index in [0.29, 0.717) is 13.1 Å². The van der Waals surface area contributed by atoms with Crippen molar-refractivity contribution in [1.29, 1.82) is 0 Å². The molecule has 3 aromatic rings. The van der Waals surface area contributed by atoms with Crippen molar-refractivity contribution in [3.8, 4) is 0 Å².